The van der Waals surface area contributed by atoms with Gasteiger partial charge in [0.15, 0.2) is 11.5 Å². The van der Waals surface area contributed by atoms with Crippen LogP contribution in [0.5, 0.6) is 11.5 Å². The first-order valence-electron chi connectivity index (χ1n) is 10.1. The molecule has 0 aromatic heterocycles. The van der Waals surface area contributed by atoms with E-state index in [2.05, 4.69) is 21.2 Å². The SMILES string of the molecule is COc1cc(/C=C2/NC(=O)N(Cc3ccc(Br)cc3)C2=O)ccc1OCc1ccccc1Cl. The van der Waals surface area contributed by atoms with Crippen LogP contribution < -0.4 is 14.8 Å². The minimum absolute atomic E-state index is 0.188. The number of amides is 3. The lowest BCUT2D eigenvalue weighted by molar-refractivity contribution is -0.123. The van der Waals surface area contributed by atoms with E-state index in [1.165, 1.54) is 12.0 Å². The maximum Gasteiger partial charge on any atom is 0.329 e. The molecule has 168 valence electrons. The molecule has 3 aromatic carbocycles. The van der Waals surface area contributed by atoms with Crippen LogP contribution in [-0.4, -0.2) is 23.9 Å². The van der Waals surface area contributed by atoms with Crippen molar-refractivity contribution in [2.75, 3.05) is 7.11 Å². The molecule has 3 aromatic rings. The number of nitrogens with zero attached hydrogens (tertiary/aromatic N) is 1. The number of halogens is 2. The van der Waals surface area contributed by atoms with Gasteiger partial charge in [-0.3, -0.25) is 9.69 Å². The molecule has 0 spiro atoms. The van der Waals surface area contributed by atoms with Crippen molar-refractivity contribution in [3.05, 3.63) is 98.6 Å². The normalized spacial score (nSPS) is 14.5. The third kappa shape index (κ3) is 5.38. The molecule has 1 aliphatic rings. The molecule has 1 fully saturated rings. The van der Waals surface area contributed by atoms with Gasteiger partial charge in [-0.05, 0) is 47.5 Å². The van der Waals surface area contributed by atoms with Crippen LogP contribution in [0.1, 0.15) is 16.7 Å². The van der Waals surface area contributed by atoms with E-state index in [1.807, 2.05) is 42.5 Å². The number of methoxy groups -OCH3 is 1. The zero-order chi connectivity index (χ0) is 23.4. The Morgan fingerprint density at radius 3 is 2.52 bits per heavy atom. The zero-order valence-corrected chi connectivity index (χ0v) is 20.0. The highest BCUT2D eigenvalue weighted by Crippen LogP contribution is 2.31. The van der Waals surface area contributed by atoms with Crippen LogP contribution in [0.4, 0.5) is 4.79 Å². The number of carbonyl (C=O) groups is 2. The van der Waals surface area contributed by atoms with Crippen molar-refractivity contribution in [2.45, 2.75) is 13.2 Å². The molecular weight excluding hydrogens is 508 g/mol. The summed E-state index contributed by atoms with van der Waals surface area (Å²) in [5.41, 5.74) is 2.59. The van der Waals surface area contributed by atoms with Gasteiger partial charge in [0.1, 0.15) is 12.3 Å². The third-order valence-corrected chi connectivity index (χ3v) is 5.95. The number of rotatable bonds is 7. The minimum atomic E-state index is -0.458. The largest absolute Gasteiger partial charge is 0.493 e. The summed E-state index contributed by atoms with van der Waals surface area (Å²) in [5, 5.41) is 3.27. The number of benzene rings is 3. The lowest BCUT2D eigenvalue weighted by Crippen LogP contribution is -2.30. The Morgan fingerprint density at radius 1 is 1.03 bits per heavy atom. The first-order valence-corrected chi connectivity index (χ1v) is 11.2. The monoisotopic (exact) mass is 526 g/mol. The van der Waals surface area contributed by atoms with Gasteiger partial charge < -0.3 is 14.8 Å². The first kappa shape index (κ1) is 22.9. The second-order valence-electron chi connectivity index (χ2n) is 7.30. The van der Waals surface area contributed by atoms with Gasteiger partial charge in [-0.2, -0.15) is 0 Å². The quantitative estimate of drug-likeness (QED) is 0.312. The van der Waals surface area contributed by atoms with E-state index in [-0.39, 0.29) is 24.8 Å². The molecule has 4 rings (SSSR count). The van der Waals surface area contributed by atoms with Crippen LogP contribution in [0.3, 0.4) is 0 Å². The summed E-state index contributed by atoms with van der Waals surface area (Å²) in [7, 11) is 1.54. The Morgan fingerprint density at radius 2 is 1.79 bits per heavy atom. The molecule has 1 saturated heterocycles. The first-order chi connectivity index (χ1) is 15.9. The Bertz CT molecular complexity index is 1230. The maximum atomic E-state index is 12.8. The second kappa shape index (κ2) is 10.1. The van der Waals surface area contributed by atoms with Crippen LogP contribution in [-0.2, 0) is 17.9 Å². The minimum Gasteiger partial charge on any atom is -0.493 e. The van der Waals surface area contributed by atoms with Gasteiger partial charge in [-0.25, -0.2) is 4.79 Å². The van der Waals surface area contributed by atoms with Crippen molar-refractivity contribution in [3.8, 4) is 11.5 Å². The Balaban J connectivity index is 1.49. The van der Waals surface area contributed by atoms with Crippen LogP contribution in [0.2, 0.25) is 5.02 Å². The molecule has 33 heavy (non-hydrogen) atoms. The average Bonchev–Trinajstić information content (AvgIpc) is 3.07. The fraction of sp³-hybridized carbons (Fsp3) is 0.120. The number of urea groups is 1. The van der Waals surface area contributed by atoms with E-state index in [0.717, 1.165) is 15.6 Å². The van der Waals surface area contributed by atoms with Crippen LogP contribution in [0, 0.1) is 0 Å². The summed E-state index contributed by atoms with van der Waals surface area (Å²) in [6.45, 7) is 0.476. The van der Waals surface area contributed by atoms with Crippen LogP contribution >= 0.6 is 27.5 Å². The highest BCUT2D eigenvalue weighted by Gasteiger charge is 2.33. The summed E-state index contributed by atoms with van der Waals surface area (Å²) < 4.78 is 12.3. The maximum absolute atomic E-state index is 12.8. The number of nitrogens with one attached hydrogen (secondary N) is 1. The zero-order valence-electron chi connectivity index (χ0n) is 17.7. The van der Waals surface area contributed by atoms with Crippen molar-refractivity contribution >= 4 is 45.5 Å². The Labute approximate surface area is 204 Å². The molecular formula is C25H20BrClN2O4. The van der Waals surface area contributed by atoms with Crippen molar-refractivity contribution in [1.29, 1.82) is 0 Å². The molecule has 0 saturated carbocycles. The predicted molar refractivity (Wildman–Crippen MR) is 130 cm³/mol. The molecule has 0 unspecified atom stereocenters. The molecule has 1 heterocycles. The standard InChI is InChI=1S/C25H20BrClN2O4/c1-32-23-13-17(8-11-22(23)33-15-18-4-2-3-5-20(18)27)12-21-24(30)29(25(31)28-21)14-16-6-9-19(26)10-7-16/h2-13H,14-15H2,1H3,(H,28,31)/b21-12+. The Kier molecular flexibility index (Phi) is 7.01. The van der Waals surface area contributed by atoms with E-state index in [1.54, 1.807) is 30.3 Å². The van der Waals surface area contributed by atoms with Gasteiger partial charge in [0.2, 0.25) is 0 Å². The number of imide groups is 1. The van der Waals surface area contributed by atoms with E-state index < -0.39 is 6.03 Å². The molecule has 3 amide bonds. The number of ether oxygens (including phenoxy) is 2. The topological polar surface area (TPSA) is 67.9 Å². The van der Waals surface area contributed by atoms with Gasteiger partial charge in [-0.1, -0.05) is 63.9 Å². The molecule has 1 aliphatic heterocycles. The van der Waals surface area contributed by atoms with Crippen LogP contribution in [0.15, 0.2) is 76.9 Å². The molecule has 6 nitrogen and oxygen atoms in total. The van der Waals surface area contributed by atoms with Crippen molar-refractivity contribution in [1.82, 2.24) is 10.2 Å². The van der Waals surface area contributed by atoms with E-state index >= 15 is 0 Å². The van der Waals surface area contributed by atoms with Crippen molar-refractivity contribution in [3.63, 3.8) is 0 Å². The molecule has 0 aliphatic carbocycles. The van der Waals surface area contributed by atoms with Gasteiger partial charge in [0.05, 0.1) is 13.7 Å². The highest BCUT2D eigenvalue weighted by atomic mass is 79.9. The summed E-state index contributed by atoms with van der Waals surface area (Å²) >= 11 is 9.56. The fourth-order valence-electron chi connectivity index (χ4n) is 3.32. The summed E-state index contributed by atoms with van der Waals surface area (Å²) in [5.74, 6) is 0.652. The summed E-state index contributed by atoms with van der Waals surface area (Å²) in [6.07, 6.45) is 1.61. The molecule has 8 heteroatoms. The second-order valence-corrected chi connectivity index (χ2v) is 8.62. The molecule has 0 atom stereocenters. The van der Waals surface area contributed by atoms with Gasteiger partial charge in [0, 0.05) is 15.1 Å². The van der Waals surface area contributed by atoms with Crippen molar-refractivity contribution in [2.24, 2.45) is 0 Å². The lowest BCUT2D eigenvalue weighted by Gasteiger charge is -2.12. The Hall–Kier alpha value is -3.29. The van der Waals surface area contributed by atoms with Crippen LogP contribution in [0.25, 0.3) is 6.08 Å². The number of hydrogen-bond donors (Lipinski definition) is 1. The molecule has 0 radical (unpaired) electrons. The van der Waals surface area contributed by atoms with E-state index in [0.29, 0.717) is 22.1 Å². The third-order valence-electron chi connectivity index (χ3n) is 5.06. The number of carbonyl (C=O) groups excluding carboxylic acids is 2. The molecule has 1 N–H and O–H groups in total. The average molecular weight is 528 g/mol. The van der Waals surface area contributed by atoms with Gasteiger partial charge >= 0.3 is 6.03 Å². The molecule has 0 bridgehead atoms. The van der Waals surface area contributed by atoms with E-state index in [9.17, 15) is 9.59 Å². The predicted octanol–water partition coefficient (Wildman–Crippen LogP) is 5.78. The fourth-order valence-corrected chi connectivity index (χ4v) is 3.77. The van der Waals surface area contributed by atoms with E-state index in [4.69, 9.17) is 21.1 Å². The smallest absolute Gasteiger partial charge is 0.329 e. The highest BCUT2D eigenvalue weighted by molar-refractivity contribution is 9.10. The van der Waals surface area contributed by atoms with Gasteiger partial charge in [-0.15, -0.1) is 0 Å². The summed E-state index contributed by atoms with van der Waals surface area (Å²) in [4.78, 5) is 26.3. The number of hydrogen-bond acceptors (Lipinski definition) is 4. The van der Waals surface area contributed by atoms with Gasteiger partial charge in [0.25, 0.3) is 5.91 Å². The lowest BCUT2D eigenvalue weighted by atomic mass is 10.1. The summed E-state index contributed by atoms with van der Waals surface area (Å²) in [6, 6.07) is 19.7. The van der Waals surface area contributed by atoms with Crippen molar-refractivity contribution < 1.29 is 19.1 Å².